The third-order valence-corrected chi connectivity index (χ3v) is 9.57. The van der Waals surface area contributed by atoms with Crippen LogP contribution in [0.2, 0.25) is 0 Å². The maximum atomic E-state index is 5.31. The highest BCUT2D eigenvalue weighted by Crippen LogP contribution is 2.44. The SMILES string of the molecule is C1=CC2C=C(c3cc(-c4cc5c(c6ccccc46)C=CCC5)nc(-c4ccc(-c5ccccn5)cc4)n3)c3ccccc3C2C=C1. The number of pyridine rings is 1. The summed E-state index contributed by atoms with van der Waals surface area (Å²) < 4.78 is 0. The Hall–Kier alpha value is -5.67. The van der Waals surface area contributed by atoms with E-state index in [9.17, 15) is 0 Å². The fraction of sp³-hybridized carbons (Fsp3) is 0.0930. The highest BCUT2D eigenvalue weighted by Gasteiger charge is 2.29. The van der Waals surface area contributed by atoms with Crippen molar-refractivity contribution in [2.24, 2.45) is 5.92 Å². The van der Waals surface area contributed by atoms with Crippen molar-refractivity contribution < 1.29 is 0 Å². The zero-order valence-electron chi connectivity index (χ0n) is 25.3. The number of nitrogens with zero attached hydrogens (tertiary/aromatic N) is 3. The fourth-order valence-electron chi connectivity index (χ4n) is 7.32. The molecule has 2 atom stereocenters. The van der Waals surface area contributed by atoms with Crippen LogP contribution in [0.5, 0.6) is 0 Å². The van der Waals surface area contributed by atoms with E-state index in [4.69, 9.17) is 9.97 Å². The Balaban J connectivity index is 1.26. The molecule has 2 heterocycles. The predicted molar refractivity (Wildman–Crippen MR) is 189 cm³/mol. The molecule has 6 aromatic rings. The van der Waals surface area contributed by atoms with Gasteiger partial charge in [-0.15, -0.1) is 0 Å². The molecule has 218 valence electrons. The molecule has 2 unspecified atom stereocenters. The average Bonchev–Trinajstić information content (AvgIpc) is 3.14. The molecule has 0 aliphatic heterocycles. The first-order chi connectivity index (χ1) is 22.8. The second-order valence-corrected chi connectivity index (χ2v) is 12.3. The lowest BCUT2D eigenvalue weighted by Crippen LogP contribution is -2.16. The van der Waals surface area contributed by atoms with Gasteiger partial charge in [0.1, 0.15) is 0 Å². The first-order valence-corrected chi connectivity index (χ1v) is 16.1. The highest BCUT2D eigenvalue weighted by molar-refractivity contribution is 6.02. The second-order valence-electron chi connectivity index (χ2n) is 12.3. The molecule has 9 rings (SSSR count). The monoisotopic (exact) mass is 589 g/mol. The van der Waals surface area contributed by atoms with Crippen LogP contribution in [0.15, 0.2) is 146 Å². The summed E-state index contributed by atoms with van der Waals surface area (Å²) in [6.45, 7) is 0. The maximum Gasteiger partial charge on any atom is 0.160 e. The molecule has 3 nitrogen and oxygen atoms in total. The molecule has 0 saturated heterocycles. The van der Waals surface area contributed by atoms with Crippen LogP contribution in [0.4, 0.5) is 0 Å². The van der Waals surface area contributed by atoms with Gasteiger partial charge in [-0.1, -0.05) is 121 Å². The van der Waals surface area contributed by atoms with Crippen molar-refractivity contribution in [1.29, 1.82) is 0 Å². The quantitative estimate of drug-likeness (QED) is 0.205. The zero-order valence-corrected chi connectivity index (χ0v) is 25.3. The van der Waals surface area contributed by atoms with E-state index in [1.54, 1.807) is 0 Å². The van der Waals surface area contributed by atoms with Gasteiger partial charge in [0.15, 0.2) is 5.82 Å². The highest BCUT2D eigenvalue weighted by atomic mass is 14.9. The molecule has 0 bridgehead atoms. The van der Waals surface area contributed by atoms with E-state index >= 15 is 0 Å². The molecular weight excluding hydrogens is 558 g/mol. The lowest BCUT2D eigenvalue weighted by Gasteiger charge is -2.30. The molecule has 3 heteroatoms. The van der Waals surface area contributed by atoms with Crippen LogP contribution >= 0.6 is 0 Å². The summed E-state index contributed by atoms with van der Waals surface area (Å²) in [6.07, 6.45) is 19.9. The van der Waals surface area contributed by atoms with E-state index < -0.39 is 0 Å². The minimum Gasteiger partial charge on any atom is -0.256 e. The summed E-state index contributed by atoms with van der Waals surface area (Å²) in [5.41, 5.74) is 12.5. The molecule has 3 aliphatic rings. The third-order valence-electron chi connectivity index (χ3n) is 9.57. The van der Waals surface area contributed by atoms with Crippen molar-refractivity contribution in [3.05, 3.63) is 174 Å². The summed E-state index contributed by atoms with van der Waals surface area (Å²) in [4.78, 5) is 15.2. The van der Waals surface area contributed by atoms with Gasteiger partial charge in [-0.05, 0) is 70.1 Å². The maximum absolute atomic E-state index is 5.31. The van der Waals surface area contributed by atoms with Crippen LogP contribution in [-0.2, 0) is 6.42 Å². The summed E-state index contributed by atoms with van der Waals surface area (Å²) in [7, 11) is 0. The normalized spacial score (nSPS) is 17.7. The minimum atomic E-state index is 0.283. The standard InChI is InChI=1S/C43H31N3/c1-3-13-32-30(11-1)25-38(36-17-7-5-15-34(32)36)41-27-42(39-26-31-12-2-4-14-33(31)35-16-6-8-18-37(35)39)46-43(45-41)29-22-20-28(21-23-29)40-19-9-10-24-44-40/h1,3-11,13-27,30,32H,2,12H2. The van der Waals surface area contributed by atoms with Crippen LogP contribution in [0.1, 0.15) is 40.3 Å². The number of allylic oxidation sites excluding steroid dienone is 6. The molecular formula is C43H31N3. The van der Waals surface area contributed by atoms with Crippen molar-refractivity contribution in [1.82, 2.24) is 15.0 Å². The first-order valence-electron chi connectivity index (χ1n) is 16.1. The Morgan fingerprint density at radius 3 is 2.30 bits per heavy atom. The Kier molecular flexibility index (Phi) is 6.41. The lowest BCUT2D eigenvalue weighted by atomic mass is 9.74. The van der Waals surface area contributed by atoms with Gasteiger partial charge in [-0.3, -0.25) is 4.98 Å². The van der Waals surface area contributed by atoms with Gasteiger partial charge >= 0.3 is 0 Å². The Morgan fingerprint density at radius 2 is 1.41 bits per heavy atom. The summed E-state index contributed by atoms with van der Waals surface area (Å²) >= 11 is 0. The topological polar surface area (TPSA) is 38.7 Å². The van der Waals surface area contributed by atoms with Gasteiger partial charge in [0.25, 0.3) is 0 Å². The Morgan fingerprint density at radius 1 is 0.630 bits per heavy atom. The molecule has 2 aromatic heterocycles. The van der Waals surface area contributed by atoms with E-state index in [-0.39, 0.29) is 5.92 Å². The molecule has 0 N–H and O–H groups in total. The number of fused-ring (bicyclic) bond motifs is 6. The van der Waals surface area contributed by atoms with Crippen molar-refractivity contribution in [2.75, 3.05) is 0 Å². The zero-order chi connectivity index (χ0) is 30.5. The Bertz CT molecular complexity index is 2250. The minimum absolute atomic E-state index is 0.283. The van der Waals surface area contributed by atoms with Gasteiger partial charge in [0, 0.05) is 40.3 Å². The van der Waals surface area contributed by atoms with Gasteiger partial charge < -0.3 is 0 Å². The van der Waals surface area contributed by atoms with Crippen molar-refractivity contribution >= 4 is 22.4 Å². The summed E-state index contributed by atoms with van der Waals surface area (Å²) in [5.74, 6) is 1.34. The average molecular weight is 590 g/mol. The Labute approximate surface area is 269 Å². The van der Waals surface area contributed by atoms with E-state index in [2.05, 4.69) is 132 Å². The molecule has 0 amide bonds. The number of hydrogen-bond acceptors (Lipinski definition) is 3. The fourth-order valence-corrected chi connectivity index (χ4v) is 7.32. The lowest BCUT2D eigenvalue weighted by molar-refractivity contribution is 0.688. The number of hydrogen-bond donors (Lipinski definition) is 0. The van der Waals surface area contributed by atoms with Gasteiger partial charge in [-0.25, -0.2) is 9.97 Å². The van der Waals surface area contributed by atoms with E-state index in [0.29, 0.717) is 5.92 Å². The van der Waals surface area contributed by atoms with Crippen LogP contribution in [0, 0.1) is 5.92 Å². The van der Waals surface area contributed by atoms with E-state index in [0.717, 1.165) is 58.0 Å². The van der Waals surface area contributed by atoms with Crippen LogP contribution in [-0.4, -0.2) is 15.0 Å². The van der Waals surface area contributed by atoms with Crippen LogP contribution in [0.3, 0.4) is 0 Å². The number of aromatic nitrogens is 3. The van der Waals surface area contributed by atoms with Crippen LogP contribution in [0.25, 0.3) is 56.3 Å². The van der Waals surface area contributed by atoms with Gasteiger partial charge in [0.2, 0.25) is 0 Å². The molecule has 0 saturated carbocycles. The summed E-state index contributed by atoms with van der Waals surface area (Å²) in [5, 5.41) is 2.49. The molecule has 0 radical (unpaired) electrons. The van der Waals surface area contributed by atoms with Crippen molar-refractivity contribution in [2.45, 2.75) is 18.8 Å². The summed E-state index contributed by atoms with van der Waals surface area (Å²) in [6, 6.07) is 36.6. The van der Waals surface area contributed by atoms with E-state index in [1.165, 1.54) is 33.0 Å². The second kappa shape index (κ2) is 11.0. The molecule has 3 aliphatic carbocycles. The molecule has 46 heavy (non-hydrogen) atoms. The molecule has 4 aromatic carbocycles. The van der Waals surface area contributed by atoms with Gasteiger partial charge in [-0.2, -0.15) is 0 Å². The first kappa shape index (κ1) is 26.7. The molecule has 0 spiro atoms. The number of benzene rings is 4. The van der Waals surface area contributed by atoms with E-state index in [1.807, 2.05) is 24.4 Å². The number of aryl methyl sites for hydroxylation is 1. The van der Waals surface area contributed by atoms with Gasteiger partial charge in [0.05, 0.1) is 17.1 Å². The third kappa shape index (κ3) is 4.55. The van der Waals surface area contributed by atoms with Crippen molar-refractivity contribution in [3.8, 4) is 33.9 Å². The predicted octanol–water partition coefficient (Wildman–Crippen LogP) is 10.3. The smallest absolute Gasteiger partial charge is 0.160 e. The number of rotatable bonds is 4. The van der Waals surface area contributed by atoms with Crippen molar-refractivity contribution in [3.63, 3.8) is 0 Å². The van der Waals surface area contributed by atoms with Crippen LogP contribution < -0.4 is 0 Å². The molecule has 0 fully saturated rings. The largest absolute Gasteiger partial charge is 0.256 e.